The normalized spacial score (nSPS) is 22.8. The van der Waals surface area contributed by atoms with Crippen molar-refractivity contribution in [3.63, 3.8) is 0 Å². The van der Waals surface area contributed by atoms with Gasteiger partial charge in [-0.05, 0) is 51.0 Å². The molecule has 6 nitrogen and oxygen atoms in total. The van der Waals surface area contributed by atoms with Crippen LogP contribution in [0.5, 0.6) is 0 Å². The lowest BCUT2D eigenvalue weighted by molar-refractivity contribution is -0.124. The number of thioether (sulfide) groups is 1. The largest absolute Gasteiger partial charge is 0.393 e. The first kappa shape index (κ1) is 29.7. The fourth-order valence-corrected chi connectivity index (χ4v) is 4.59. The molecule has 2 aliphatic rings. The van der Waals surface area contributed by atoms with Crippen molar-refractivity contribution in [2.75, 3.05) is 12.4 Å². The highest BCUT2D eigenvalue weighted by Gasteiger charge is 2.36. The van der Waals surface area contributed by atoms with E-state index in [0.29, 0.717) is 12.2 Å². The van der Waals surface area contributed by atoms with E-state index in [2.05, 4.69) is 78.0 Å². The van der Waals surface area contributed by atoms with Gasteiger partial charge in [0.15, 0.2) is 0 Å². The minimum atomic E-state index is -0.468. The summed E-state index contributed by atoms with van der Waals surface area (Å²) in [6, 6.07) is 0. The summed E-state index contributed by atoms with van der Waals surface area (Å²) in [7, 11) is 0. The minimum Gasteiger partial charge on any atom is -0.393 e. The van der Waals surface area contributed by atoms with E-state index < -0.39 is 5.92 Å². The lowest BCUT2D eigenvalue weighted by Crippen LogP contribution is -2.36. The van der Waals surface area contributed by atoms with Gasteiger partial charge in [-0.2, -0.15) is 4.99 Å². The maximum absolute atomic E-state index is 12.3. The summed E-state index contributed by atoms with van der Waals surface area (Å²) >= 11 is 1.49. The molecule has 1 unspecified atom stereocenters. The highest BCUT2D eigenvalue weighted by atomic mass is 32.2. The first-order valence-corrected chi connectivity index (χ1v) is 13.9. The molecule has 0 bridgehead atoms. The van der Waals surface area contributed by atoms with Crippen molar-refractivity contribution in [3.8, 4) is 0 Å². The summed E-state index contributed by atoms with van der Waals surface area (Å²) in [5.41, 5.74) is -0.288. The van der Waals surface area contributed by atoms with Crippen LogP contribution in [0, 0.1) is 5.92 Å². The van der Waals surface area contributed by atoms with Crippen molar-refractivity contribution in [2.24, 2.45) is 10.9 Å². The van der Waals surface area contributed by atoms with Gasteiger partial charge in [0.2, 0.25) is 5.91 Å². The third-order valence-corrected chi connectivity index (χ3v) is 6.65. The Kier molecular flexibility index (Phi) is 15.5. The molecular weight excluding hydrogens is 472 g/mol. The Morgan fingerprint density at radius 3 is 2.22 bits per heavy atom. The van der Waals surface area contributed by atoms with Crippen molar-refractivity contribution in [1.29, 1.82) is 0 Å². The van der Waals surface area contributed by atoms with Crippen LogP contribution in [0.4, 0.5) is 0 Å². The lowest BCUT2D eigenvalue weighted by atomic mass is 10.00. The molecule has 2 heterocycles. The molecule has 196 valence electrons. The number of hydrogen-bond acceptors (Lipinski definition) is 5. The van der Waals surface area contributed by atoms with Gasteiger partial charge in [-0.25, -0.2) is 0 Å². The van der Waals surface area contributed by atoms with Gasteiger partial charge in [0.1, 0.15) is 11.3 Å². The fourth-order valence-electron chi connectivity index (χ4n) is 3.57. The van der Waals surface area contributed by atoms with Crippen LogP contribution in [0.15, 0.2) is 77.9 Å². The van der Waals surface area contributed by atoms with E-state index >= 15 is 0 Å². The van der Waals surface area contributed by atoms with Gasteiger partial charge in [-0.3, -0.25) is 9.59 Å². The molecular formula is C29H40N2O4S. The molecule has 0 aromatic carbocycles. The number of nitrogens with one attached hydrogen (secondary N) is 1. The van der Waals surface area contributed by atoms with Gasteiger partial charge >= 0.3 is 0 Å². The molecule has 7 heteroatoms. The van der Waals surface area contributed by atoms with E-state index in [4.69, 9.17) is 9.84 Å². The van der Waals surface area contributed by atoms with E-state index in [1.165, 1.54) is 11.8 Å². The molecule has 2 rings (SSSR count). The number of aliphatic hydroxyl groups excluding tert-OH is 1. The molecule has 2 aliphatic heterocycles. The molecule has 0 saturated carbocycles. The molecule has 36 heavy (non-hydrogen) atoms. The molecule has 0 aromatic rings. The van der Waals surface area contributed by atoms with Crippen LogP contribution >= 0.6 is 11.8 Å². The van der Waals surface area contributed by atoms with Crippen LogP contribution < -0.4 is 5.32 Å². The van der Waals surface area contributed by atoms with Gasteiger partial charge in [0.25, 0.3) is 5.91 Å². The molecule has 0 radical (unpaired) electrons. The highest BCUT2D eigenvalue weighted by molar-refractivity contribution is 8.00. The average Bonchev–Trinajstić information content (AvgIpc) is 3.35. The maximum atomic E-state index is 12.3. The smallest absolute Gasteiger partial charge is 0.257 e. The summed E-state index contributed by atoms with van der Waals surface area (Å²) in [6.45, 7) is 2.07. The summed E-state index contributed by atoms with van der Waals surface area (Å²) in [4.78, 5) is 28.5. The van der Waals surface area contributed by atoms with Crippen LogP contribution in [0.25, 0.3) is 0 Å². The van der Waals surface area contributed by atoms with Gasteiger partial charge in [-0.1, -0.05) is 73.8 Å². The maximum Gasteiger partial charge on any atom is 0.257 e. The Morgan fingerprint density at radius 2 is 1.67 bits per heavy atom. The number of allylic oxidation sites excluding steroid dienone is 10. The van der Waals surface area contributed by atoms with Crippen LogP contribution in [0.2, 0.25) is 0 Å². The van der Waals surface area contributed by atoms with Crippen molar-refractivity contribution in [3.05, 3.63) is 72.9 Å². The molecule has 3 atom stereocenters. The van der Waals surface area contributed by atoms with E-state index in [1.54, 1.807) is 12.2 Å². The van der Waals surface area contributed by atoms with E-state index in [-0.39, 0.29) is 35.8 Å². The number of dihydropyridines is 1. The highest BCUT2D eigenvalue weighted by Crippen LogP contribution is 2.31. The van der Waals surface area contributed by atoms with Crippen molar-refractivity contribution in [1.82, 2.24) is 5.32 Å². The predicted molar refractivity (Wildman–Crippen MR) is 150 cm³/mol. The Morgan fingerprint density at radius 1 is 1.06 bits per heavy atom. The zero-order valence-corrected chi connectivity index (χ0v) is 22.1. The van der Waals surface area contributed by atoms with Gasteiger partial charge in [0, 0.05) is 12.2 Å². The van der Waals surface area contributed by atoms with Gasteiger partial charge in [-0.15, -0.1) is 11.8 Å². The topological polar surface area (TPSA) is 88.0 Å². The number of nitrogens with zero attached hydrogens (tertiary/aromatic N) is 1. The second-order valence-electron chi connectivity index (χ2n) is 8.49. The standard InChI is InChI=1S/C29H40N2O4S/c1-2-3-4-5-6-7-8-9-10-11-12-13-14-15-16-17-18-19-27(33)30-26-21-20-24(29(34)31-26)25-23-36-28(22-32)35-25/h3-4,6-7,9-10,12-13,15-16,20-21,24-25,28,32H,2,5,8,11,14,17-19,22-23H2,1H3,(H,30,31,33,34)/b4-3-,7-6-,10-9-,13-12-,16-15-/t24?,25-,28+/m0/s1. The summed E-state index contributed by atoms with van der Waals surface area (Å²) in [5, 5.41) is 11.9. The Hall–Kier alpha value is -2.48. The number of aliphatic imine (C=N–C) groups is 1. The molecule has 0 aliphatic carbocycles. The Labute approximate surface area is 220 Å². The molecule has 2 amide bonds. The first-order valence-electron chi connectivity index (χ1n) is 12.9. The number of ether oxygens (including phenoxy) is 1. The van der Waals surface area contributed by atoms with Crippen LogP contribution in [-0.2, 0) is 14.3 Å². The monoisotopic (exact) mass is 512 g/mol. The van der Waals surface area contributed by atoms with Gasteiger partial charge < -0.3 is 15.2 Å². The van der Waals surface area contributed by atoms with Crippen LogP contribution in [-0.4, -0.2) is 46.7 Å². The number of hydrogen-bond donors (Lipinski definition) is 2. The van der Waals surface area contributed by atoms with Crippen molar-refractivity contribution >= 4 is 29.4 Å². The summed E-state index contributed by atoms with van der Waals surface area (Å²) < 4.78 is 5.65. The lowest BCUT2D eigenvalue weighted by Gasteiger charge is -2.20. The zero-order chi connectivity index (χ0) is 25.8. The minimum absolute atomic E-state index is 0.0734. The number of carbonyl (C=O) groups is 2. The number of aliphatic hydroxyl groups is 1. The third-order valence-electron chi connectivity index (χ3n) is 5.50. The molecule has 0 aromatic heterocycles. The van der Waals surface area contributed by atoms with Crippen molar-refractivity contribution < 1.29 is 19.4 Å². The average molecular weight is 513 g/mol. The summed E-state index contributed by atoms with van der Waals surface area (Å²) in [5.74, 6) is -0.0229. The second-order valence-corrected chi connectivity index (χ2v) is 9.68. The zero-order valence-electron chi connectivity index (χ0n) is 21.3. The second kappa shape index (κ2) is 18.7. The Balaban J connectivity index is 1.51. The van der Waals surface area contributed by atoms with E-state index in [1.807, 2.05) is 0 Å². The molecule has 2 N–H and O–H groups in total. The number of carbonyl (C=O) groups excluding carboxylic acids is 2. The Bertz CT molecular complexity index is 886. The summed E-state index contributed by atoms with van der Waals surface area (Å²) in [6.07, 6.45) is 31.6. The number of amidine groups is 1. The van der Waals surface area contributed by atoms with E-state index in [0.717, 1.165) is 44.9 Å². The SMILES string of the molecule is CC/C=C\C/C=C\C/C=C\C/C=C\C/C=C\CCCC(=O)NC1=NC(=O)C([C@@H]2CS[C@H](CO)O2)C=C1. The predicted octanol–water partition coefficient (Wildman–Crippen LogP) is 5.59. The van der Waals surface area contributed by atoms with Crippen molar-refractivity contribution in [2.45, 2.75) is 69.8 Å². The van der Waals surface area contributed by atoms with Gasteiger partial charge in [0.05, 0.1) is 18.6 Å². The number of amides is 2. The van der Waals surface area contributed by atoms with Crippen LogP contribution in [0.3, 0.4) is 0 Å². The molecule has 1 fully saturated rings. The fraction of sp³-hybridized carbons (Fsp3) is 0.483. The van der Waals surface area contributed by atoms with Crippen LogP contribution in [0.1, 0.15) is 58.3 Å². The number of unbranched alkanes of at least 4 members (excludes halogenated alkanes) is 1. The molecule has 0 spiro atoms. The number of rotatable bonds is 15. The third kappa shape index (κ3) is 12.5. The quantitative estimate of drug-likeness (QED) is 0.221. The molecule has 1 saturated heterocycles. The van der Waals surface area contributed by atoms with E-state index in [9.17, 15) is 9.59 Å². The first-order chi connectivity index (χ1) is 17.6.